The van der Waals surface area contributed by atoms with Crippen LogP contribution < -0.4 is 4.90 Å². The maximum atomic E-state index is 13.3. The average Bonchev–Trinajstić information content (AvgIpc) is 3.30. The Kier molecular flexibility index (Phi) is 3.91. The number of rotatable bonds is 4. The van der Waals surface area contributed by atoms with Gasteiger partial charge >= 0.3 is 0 Å². The zero-order valence-electron chi connectivity index (χ0n) is 12.9. The van der Waals surface area contributed by atoms with E-state index in [1.807, 2.05) is 4.90 Å². The number of anilines is 1. The van der Waals surface area contributed by atoms with Crippen molar-refractivity contribution >= 4 is 22.6 Å². The largest absolute Gasteiger partial charge is 0.336 e. The molecule has 2 fully saturated rings. The lowest BCUT2D eigenvalue weighted by molar-refractivity contribution is -0.131. The number of carbonyl (C=O) groups is 1. The standard InChI is InChI=1S/C16H16F2N4OS/c17-12-4-1-10(7-13(12)18)8-21-5-6-22(9-14(21)23)16-19-15(20-24-16)11-2-3-11/h1,4,7,11H,2-3,5-6,8-9H2. The summed E-state index contributed by atoms with van der Waals surface area (Å²) in [6.45, 7) is 1.71. The minimum Gasteiger partial charge on any atom is -0.336 e. The SMILES string of the molecule is O=C1CN(c2nc(C3CC3)ns2)CCN1Cc1ccc(F)c(F)c1. The zero-order chi connectivity index (χ0) is 16.7. The van der Waals surface area contributed by atoms with Gasteiger partial charge in [0.25, 0.3) is 0 Å². The summed E-state index contributed by atoms with van der Waals surface area (Å²) in [6, 6.07) is 3.73. The number of benzene rings is 1. The van der Waals surface area contributed by atoms with Gasteiger partial charge in [-0.3, -0.25) is 4.79 Å². The molecule has 1 aromatic heterocycles. The van der Waals surface area contributed by atoms with Crippen molar-refractivity contribution in [3.8, 4) is 0 Å². The second-order valence-electron chi connectivity index (χ2n) is 6.19. The monoisotopic (exact) mass is 350 g/mol. The van der Waals surface area contributed by atoms with Crippen LogP contribution in [0.15, 0.2) is 18.2 Å². The van der Waals surface area contributed by atoms with E-state index in [4.69, 9.17) is 0 Å². The normalized spacial score (nSPS) is 18.3. The predicted octanol–water partition coefficient (Wildman–Crippen LogP) is 2.54. The maximum Gasteiger partial charge on any atom is 0.242 e. The lowest BCUT2D eigenvalue weighted by Crippen LogP contribution is -2.50. The van der Waals surface area contributed by atoms with Gasteiger partial charge in [-0.05, 0) is 30.5 Å². The molecule has 4 rings (SSSR count). The van der Waals surface area contributed by atoms with Gasteiger partial charge in [-0.25, -0.2) is 13.8 Å². The Hall–Kier alpha value is -2.09. The molecule has 0 atom stereocenters. The van der Waals surface area contributed by atoms with E-state index in [1.54, 1.807) is 4.90 Å². The fourth-order valence-electron chi connectivity index (χ4n) is 2.76. The van der Waals surface area contributed by atoms with E-state index in [2.05, 4.69) is 9.36 Å². The van der Waals surface area contributed by atoms with Crippen molar-refractivity contribution in [1.82, 2.24) is 14.3 Å². The molecule has 0 spiro atoms. The van der Waals surface area contributed by atoms with Crippen molar-refractivity contribution < 1.29 is 13.6 Å². The number of amides is 1. The second-order valence-corrected chi connectivity index (χ2v) is 6.93. The van der Waals surface area contributed by atoms with Crippen LogP contribution in [0.2, 0.25) is 0 Å². The summed E-state index contributed by atoms with van der Waals surface area (Å²) in [7, 11) is 0. The lowest BCUT2D eigenvalue weighted by atomic mass is 10.2. The number of piperazine rings is 1. The topological polar surface area (TPSA) is 49.3 Å². The molecule has 1 amide bonds. The van der Waals surface area contributed by atoms with Gasteiger partial charge in [0.2, 0.25) is 11.0 Å². The molecule has 0 unspecified atom stereocenters. The Bertz CT molecular complexity index is 777. The molecule has 1 aromatic carbocycles. The van der Waals surface area contributed by atoms with Gasteiger partial charge in [-0.2, -0.15) is 4.37 Å². The van der Waals surface area contributed by atoms with Crippen LogP contribution in [0.25, 0.3) is 0 Å². The van der Waals surface area contributed by atoms with Crippen LogP contribution in [0, 0.1) is 11.6 Å². The van der Waals surface area contributed by atoms with Gasteiger partial charge in [0.15, 0.2) is 11.6 Å². The van der Waals surface area contributed by atoms with Crippen molar-refractivity contribution in [2.75, 3.05) is 24.5 Å². The van der Waals surface area contributed by atoms with Crippen LogP contribution in [0.5, 0.6) is 0 Å². The summed E-state index contributed by atoms with van der Waals surface area (Å²) < 4.78 is 30.6. The van der Waals surface area contributed by atoms with Crippen LogP contribution in [0.3, 0.4) is 0 Å². The highest BCUT2D eigenvalue weighted by Crippen LogP contribution is 2.39. The molecular weight excluding hydrogens is 334 g/mol. The quantitative estimate of drug-likeness (QED) is 0.850. The predicted molar refractivity (Wildman–Crippen MR) is 85.9 cm³/mol. The molecule has 1 aliphatic heterocycles. The fourth-order valence-corrected chi connectivity index (χ4v) is 3.53. The van der Waals surface area contributed by atoms with Crippen LogP contribution in [0.1, 0.15) is 30.1 Å². The maximum absolute atomic E-state index is 13.3. The van der Waals surface area contributed by atoms with Crippen molar-refractivity contribution in [3.05, 3.63) is 41.2 Å². The Labute approximate surface area is 142 Å². The van der Waals surface area contributed by atoms with E-state index in [1.165, 1.54) is 17.6 Å². The zero-order valence-corrected chi connectivity index (χ0v) is 13.7. The number of halogens is 2. The van der Waals surface area contributed by atoms with Gasteiger partial charge in [-0.1, -0.05) is 6.07 Å². The van der Waals surface area contributed by atoms with Crippen molar-refractivity contribution in [1.29, 1.82) is 0 Å². The minimum atomic E-state index is -0.889. The summed E-state index contributed by atoms with van der Waals surface area (Å²) in [6.07, 6.45) is 2.30. The number of carbonyl (C=O) groups excluding carboxylic acids is 1. The Morgan fingerprint density at radius 2 is 2.04 bits per heavy atom. The molecule has 0 radical (unpaired) electrons. The summed E-state index contributed by atoms with van der Waals surface area (Å²) in [5, 5.41) is 0.790. The van der Waals surface area contributed by atoms with Crippen molar-refractivity contribution in [2.24, 2.45) is 0 Å². The molecule has 2 heterocycles. The van der Waals surface area contributed by atoms with Crippen LogP contribution in [-0.4, -0.2) is 39.8 Å². The van der Waals surface area contributed by atoms with E-state index in [0.717, 1.165) is 35.9 Å². The first-order chi connectivity index (χ1) is 11.6. The van der Waals surface area contributed by atoms with E-state index in [0.29, 0.717) is 24.6 Å². The Balaban J connectivity index is 1.40. The molecule has 126 valence electrons. The molecule has 24 heavy (non-hydrogen) atoms. The molecule has 2 aliphatic rings. The number of aromatic nitrogens is 2. The molecule has 0 N–H and O–H groups in total. The first-order valence-electron chi connectivity index (χ1n) is 7.90. The van der Waals surface area contributed by atoms with Gasteiger partial charge in [0, 0.05) is 37.1 Å². The van der Waals surface area contributed by atoms with E-state index in [9.17, 15) is 13.6 Å². The highest BCUT2D eigenvalue weighted by Gasteiger charge is 2.30. The molecule has 0 bridgehead atoms. The third kappa shape index (κ3) is 3.10. The smallest absolute Gasteiger partial charge is 0.242 e. The third-order valence-electron chi connectivity index (χ3n) is 4.32. The molecule has 1 aliphatic carbocycles. The fraction of sp³-hybridized carbons (Fsp3) is 0.438. The highest BCUT2D eigenvalue weighted by molar-refractivity contribution is 7.09. The molecule has 1 saturated heterocycles. The Morgan fingerprint density at radius 1 is 1.21 bits per heavy atom. The van der Waals surface area contributed by atoms with Gasteiger partial charge in [-0.15, -0.1) is 0 Å². The summed E-state index contributed by atoms with van der Waals surface area (Å²) in [4.78, 5) is 20.5. The first kappa shape index (κ1) is 15.4. The molecular formula is C16H16F2N4OS. The summed E-state index contributed by atoms with van der Waals surface area (Å²) >= 11 is 1.34. The van der Waals surface area contributed by atoms with E-state index >= 15 is 0 Å². The number of hydrogen-bond donors (Lipinski definition) is 0. The highest BCUT2D eigenvalue weighted by atomic mass is 32.1. The number of hydrogen-bond acceptors (Lipinski definition) is 5. The average molecular weight is 350 g/mol. The van der Waals surface area contributed by atoms with E-state index in [-0.39, 0.29) is 19.0 Å². The second kappa shape index (κ2) is 6.08. The molecule has 1 saturated carbocycles. The van der Waals surface area contributed by atoms with Crippen LogP contribution in [-0.2, 0) is 11.3 Å². The number of nitrogens with zero attached hydrogens (tertiary/aromatic N) is 4. The van der Waals surface area contributed by atoms with Crippen molar-refractivity contribution in [2.45, 2.75) is 25.3 Å². The van der Waals surface area contributed by atoms with E-state index < -0.39 is 11.6 Å². The molecule has 8 heteroatoms. The third-order valence-corrected chi connectivity index (χ3v) is 5.11. The first-order valence-corrected chi connectivity index (χ1v) is 8.68. The summed E-state index contributed by atoms with van der Waals surface area (Å²) in [5.41, 5.74) is 0.586. The van der Waals surface area contributed by atoms with Crippen LogP contribution >= 0.6 is 11.5 Å². The van der Waals surface area contributed by atoms with Gasteiger partial charge in [0.1, 0.15) is 5.82 Å². The lowest BCUT2D eigenvalue weighted by Gasteiger charge is -2.34. The summed E-state index contributed by atoms with van der Waals surface area (Å²) in [5.74, 6) is -0.418. The Morgan fingerprint density at radius 3 is 2.75 bits per heavy atom. The molecule has 5 nitrogen and oxygen atoms in total. The van der Waals surface area contributed by atoms with Gasteiger partial charge in [0.05, 0.1) is 6.54 Å². The van der Waals surface area contributed by atoms with Crippen molar-refractivity contribution in [3.63, 3.8) is 0 Å². The minimum absolute atomic E-state index is 0.0471. The van der Waals surface area contributed by atoms with Gasteiger partial charge < -0.3 is 9.80 Å². The van der Waals surface area contributed by atoms with Crippen LogP contribution in [0.4, 0.5) is 13.9 Å². The molecule has 2 aromatic rings.